The van der Waals surface area contributed by atoms with Gasteiger partial charge < -0.3 is 9.84 Å². The van der Waals surface area contributed by atoms with Gasteiger partial charge in [0.2, 0.25) is 5.76 Å². The number of hydrogen-bond donors (Lipinski definition) is 1. The van der Waals surface area contributed by atoms with Crippen LogP contribution < -0.4 is 5.32 Å². The van der Waals surface area contributed by atoms with Crippen molar-refractivity contribution < 1.29 is 9.32 Å². The molecule has 62 valence electrons. The molecule has 0 fully saturated rings. The quantitative estimate of drug-likeness (QED) is 0.636. The summed E-state index contributed by atoms with van der Waals surface area (Å²) in [7, 11) is 0. The molecule has 0 unspecified atom stereocenters. The molecule has 0 aliphatic heterocycles. The highest BCUT2D eigenvalue weighted by atomic mass is 16.5. The predicted molar refractivity (Wildman–Crippen MR) is 39.2 cm³/mol. The molecule has 1 aromatic heterocycles. The van der Waals surface area contributed by atoms with Crippen molar-refractivity contribution in [3.05, 3.63) is 17.5 Å². The van der Waals surface area contributed by atoms with Crippen molar-refractivity contribution in [1.29, 1.82) is 5.26 Å². The first-order valence-corrected chi connectivity index (χ1v) is 3.32. The SMILES string of the molecule is Cc1cc(C(=O)NCC#N)on1. The van der Waals surface area contributed by atoms with Crippen molar-refractivity contribution >= 4 is 5.91 Å². The lowest BCUT2D eigenvalue weighted by Gasteiger charge is -1.92. The molecule has 0 saturated heterocycles. The maximum absolute atomic E-state index is 11.0. The predicted octanol–water partition coefficient (Wildman–Crippen LogP) is 0.236. The van der Waals surface area contributed by atoms with Gasteiger partial charge in [-0.15, -0.1) is 0 Å². The number of carbonyl (C=O) groups is 1. The minimum atomic E-state index is -0.419. The number of nitriles is 1. The lowest BCUT2D eigenvalue weighted by Crippen LogP contribution is -2.22. The first kappa shape index (κ1) is 8.27. The van der Waals surface area contributed by atoms with Gasteiger partial charge in [0.05, 0.1) is 11.8 Å². The fourth-order valence-corrected chi connectivity index (χ4v) is 0.678. The van der Waals surface area contributed by atoms with Gasteiger partial charge in [0.25, 0.3) is 5.91 Å². The van der Waals surface area contributed by atoms with Crippen LogP contribution in [-0.2, 0) is 0 Å². The molecule has 1 heterocycles. The van der Waals surface area contributed by atoms with E-state index in [0.29, 0.717) is 5.69 Å². The number of aryl methyl sites for hydroxylation is 1. The largest absolute Gasteiger partial charge is 0.351 e. The Morgan fingerprint density at radius 3 is 3.17 bits per heavy atom. The van der Waals surface area contributed by atoms with E-state index < -0.39 is 5.91 Å². The van der Waals surface area contributed by atoms with E-state index in [4.69, 9.17) is 5.26 Å². The summed E-state index contributed by atoms with van der Waals surface area (Å²) >= 11 is 0. The summed E-state index contributed by atoms with van der Waals surface area (Å²) in [4.78, 5) is 11.0. The van der Waals surface area contributed by atoms with Gasteiger partial charge in [0, 0.05) is 6.07 Å². The highest BCUT2D eigenvalue weighted by Crippen LogP contribution is 2.00. The Balaban J connectivity index is 2.61. The molecule has 5 heteroatoms. The number of carbonyl (C=O) groups excluding carboxylic acids is 1. The maximum atomic E-state index is 11.0. The van der Waals surface area contributed by atoms with Crippen molar-refractivity contribution in [3.8, 4) is 6.07 Å². The van der Waals surface area contributed by atoms with E-state index in [2.05, 4.69) is 15.0 Å². The van der Waals surface area contributed by atoms with Crippen LogP contribution in [0.15, 0.2) is 10.6 Å². The van der Waals surface area contributed by atoms with Crippen molar-refractivity contribution in [1.82, 2.24) is 10.5 Å². The number of nitrogens with zero attached hydrogens (tertiary/aromatic N) is 2. The van der Waals surface area contributed by atoms with Gasteiger partial charge in [-0.05, 0) is 6.92 Å². The van der Waals surface area contributed by atoms with E-state index in [1.165, 1.54) is 6.07 Å². The van der Waals surface area contributed by atoms with Crippen LogP contribution in [0.25, 0.3) is 0 Å². The molecule has 1 amide bonds. The molecule has 0 bridgehead atoms. The molecule has 0 aromatic carbocycles. The minimum Gasteiger partial charge on any atom is -0.351 e. The maximum Gasteiger partial charge on any atom is 0.290 e. The fraction of sp³-hybridized carbons (Fsp3) is 0.286. The number of aromatic nitrogens is 1. The number of rotatable bonds is 2. The van der Waals surface area contributed by atoms with E-state index in [0.717, 1.165) is 0 Å². The monoisotopic (exact) mass is 165 g/mol. The van der Waals surface area contributed by atoms with Crippen molar-refractivity contribution in [2.75, 3.05) is 6.54 Å². The molecule has 5 nitrogen and oxygen atoms in total. The molecule has 12 heavy (non-hydrogen) atoms. The number of nitrogens with one attached hydrogen (secondary N) is 1. The summed E-state index contributed by atoms with van der Waals surface area (Å²) in [5, 5.41) is 14.0. The zero-order valence-corrected chi connectivity index (χ0v) is 6.50. The molecule has 1 rings (SSSR count). The van der Waals surface area contributed by atoms with Crippen LogP contribution in [0.3, 0.4) is 0 Å². The van der Waals surface area contributed by atoms with Crippen molar-refractivity contribution in [2.45, 2.75) is 6.92 Å². The Kier molecular flexibility index (Phi) is 2.43. The Morgan fingerprint density at radius 2 is 2.67 bits per heavy atom. The van der Waals surface area contributed by atoms with Gasteiger partial charge in [-0.2, -0.15) is 5.26 Å². The highest BCUT2D eigenvalue weighted by molar-refractivity contribution is 5.91. The van der Waals surface area contributed by atoms with Crippen LogP contribution in [-0.4, -0.2) is 17.6 Å². The first-order chi connectivity index (χ1) is 5.74. The van der Waals surface area contributed by atoms with Crippen LogP contribution in [0, 0.1) is 18.3 Å². The summed E-state index contributed by atoms with van der Waals surface area (Å²) in [6.45, 7) is 1.68. The molecule has 0 atom stereocenters. The summed E-state index contributed by atoms with van der Waals surface area (Å²) in [5.41, 5.74) is 0.636. The summed E-state index contributed by atoms with van der Waals surface area (Å²) in [6, 6.07) is 3.29. The van der Waals surface area contributed by atoms with E-state index in [1.54, 1.807) is 13.0 Å². The fourth-order valence-electron chi connectivity index (χ4n) is 0.678. The van der Waals surface area contributed by atoms with E-state index >= 15 is 0 Å². The minimum absolute atomic E-state index is 0.0292. The summed E-state index contributed by atoms with van der Waals surface area (Å²) < 4.78 is 4.65. The summed E-state index contributed by atoms with van der Waals surface area (Å²) in [6.07, 6.45) is 0. The van der Waals surface area contributed by atoms with E-state index in [1.807, 2.05) is 0 Å². The molecule has 1 N–H and O–H groups in total. The number of hydrogen-bond acceptors (Lipinski definition) is 4. The molecule has 0 radical (unpaired) electrons. The second-order valence-corrected chi connectivity index (χ2v) is 2.17. The van der Waals surface area contributed by atoms with Gasteiger partial charge >= 0.3 is 0 Å². The van der Waals surface area contributed by atoms with Gasteiger partial charge in [-0.3, -0.25) is 4.79 Å². The average molecular weight is 165 g/mol. The molecule has 0 aliphatic rings. The summed E-state index contributed by atoms with van der Waals surface area (Å²) in [5.74, 6) is -0.292. The molecule has 1 aromatic rings. The molecular weight excluding hydrogens is 158 g/mol. The molecule has 0 saturated carbocycles. The third-order valence-electron chi connectivity index (χ3n) is 1.18. The molecule has 0 spiro atoms. The second kappa shape index (κ2) is 3.53. The van der Waals surface area contributed by atoms with Crippen LogP contribution in [0.1, 0.15) is 16.2 Å². The topological polar surface area (TPSA) is 78.9 Å². The lowest BCUT2D eigenvalue weighted by atomic mass is 10.4. The highest BCUT2D eigenvalue weighted by Gasteiger charge is 2.09. The molecular formula is C7H7N3O2. The zero-order chi connectivity index (χ0) is 8.97. The van der Waals surface area contributed by atoms with Crippen LogP contribution in [0.4, 0.5) is 0 Å². The van der Waals surface area contributed by atoms with Gasteiger partial charge in [-0.25, -0.2) is 0 Å². The Bertz CT molecular complexity index is 324. The zero-order valence-electron chi connectivity index (χ0n) is 6.50. The normalized spacial score (nSPS) is 9.00. The van der Waals surface area contributed by atoms with Crippen LogP contribution in [0.5, 0.6) is 0 Å². The van der Waals surface area contributed by atoms with E-state index in [-0.39, 0.29) is 12.3 Å². The Hall–Kier alpha value is -1.83. The van der Waals surface area contributed by atoms with Gasteiger partial charge in [0.15, 0.2) is 0 Å². The van der Waals surface area contributed by atoms with Crippen molar-refractivity contribution in [2.24, 2.45) is 0 Å². The number of amides is 1. The van der Waals surface area contributed by atoms with Gasteiger partial charge in [-0.1, -0.05) is 5.16 Å². The van der Waals surface area contributed by atoms with Crippen molar-refractivity contribution in [3.63, 3.8) is 0 Å². The second-order valence-electron chi connectivity index (χ2n) is 2.17. The Morgan fingerprint density at radius 1 is 1.92 bits per heavy atom. The smallest absolute Gasteiger partial charge is 0.290 e. The molecule has 0 aliphatic carbocycles. The van der Waals surface area contributed by atoms with Gasteiger partial charge in [0.1, 0.15) is 6.54 Å². The van der Waals surface area contributed by atoms with Crippen LogP contribution in [0.2, 0.25) is 0 Å². The third kappa shape index (κ3) is 1.83. The van der Waals surface area contributed by atoms with E-state index in [9.17, 15) is 4.79 Å². The van der Waals surface area contributed by atoms with Crippen LogP contribution >= 0.6 is 0 Å². The lowest BCUT2D eigenvalue weighted by molar-refractivity contribution is 0.0921. The average Bonchev–Trinajstić information content (AvgIpc) is 2.47. The third-order valence-corrected chi connectivity index (χ3v) is 1.18. The standard InChI is InChI=1S/C7H7N3O2/c1-5-4-6(12-10-5)7(11)9-3-2-8/h4H,3H2,1H3,(H,9,11). The first-order valence-electron chi connectivity index (χ1n) is 3.32. The Labute approximate surface area is 69.0 Å².